The minimum absolute atomic E-state index is 0.111. The van der Waals surface area contributed by atoms with E-state index in [0.29, 0.717) is 0 Å². The van der Waals surface area contributed by atoms with Crippen LogP contribution in [0.4, 0.5) is 0 Å². The number of H-pyrrole nitrogens is 1. The maximum atomic E-state index is 4.07. The molecule has 0 aliphatic carbocycles. The van der Waals surface area contributed by atoms with Gasteiger partial charge in [0.25, 0.3) is 0 Å². The number of rotatable bonds is 3. The number of fused-ring (bicyclic) bond motifs is 1. The maximum Gasteiger partial charge on any atom is 0.0682 e. The number of benzene rings is 1. The Hall–Kier alpha value is -1.35. The average Bonchev–Trinajstić information content (AvgIpc) is 2.66. The fourth-order valence-electron chi connectivity index (χ4n) is 1.74. The van der Waals surface area contributed by atoms with Crippen molar-refractivity contribution in [3.63, 3.8) is 0 Å². The highest BCUT2D eigenvalue weighted by molar-refractivity contribution is 5.81. The highest BCUT2D eigenvalue weighted by Gasteiger charge is 2.17. The summed E-state index contributed by atoms with van der Waals surface area (Å²) in [5, 5.41) is 11.6. The summed E-state index contributed by atoms with van der Waals surface area (Å²) in [7, 11) is 1.99. The summed E-state index contributed by atoms with van der Waals surface area (Å²) in [6.45, 7) is 4.39. The molecule has 0 fully saturated rings. The van der Waals surface area contributed by atoms with Crippen molar-refractivity contribution in [1.82, 2.24) is 15.5 Å². The van der Waals surface area contributed by atoms with Crippen molar-refractivity contribution in [3.8, 4) is 0 Å². The average molecular weight is 203 g/mol. The van der Waals surface area contributed by atoms with E-state index in [1.54, 1.807) is 0 Å². The zero-order valence-corrected chi connectivity index (χ0v) is 9.46. The van der Waals surface area contributed by atoms with Gasteiger partial charge in [-0.15, -0.1) is 0 Å². The van der Waals surface area contributed by atoms with Crippen molar-refractivity contribution in [2.45, 2.75) is 25.8 Å². The van der Waals surface area contributed by atoms with E-state index in [-0.39, 0.29) is 5.54 Å². The van der Waals surface area contributed by atoms with E-state index in [2.05, 4.69) is 47.6 Å². The second-order valence-electron chi connectivity index (χ2n) is 4.56. The van der Waals surface area contributed by atoms with Crippen molar-refractivity contribution in [2.75, 3.05) is 7.05 Å². The third-order valence-corrected chi connectivity index (χ3v) is 2.87. The van der Waals surface area contributed by atoms with Crippen LogP contribution in [0.3, 0.4) is 0 Å². The third-order valence-electron chi connectivity index (χ3n) is 2.87. The Kier molecular flexibility index (Phi) is 2.49. The molecule has 0 radical (unpaired) electrons. The molecule has 0 saturated heterocycles. The van der Waals surface area contributed by atoms with E-state index in [0.717, 1.165) is 11.9 Å². The van der Waals surface area contributed by atoms with Gasteiger partial charge in [0.15, 0.2) is 0 Å². The molecule has 15 heavy (non-hydrogen) atoms. The molecule has 1 aromatic carbocycles. The molecule has 1 aromatic heterocycles. The molecule has 0 bridgehead atoms. The van der Waals surface area contributed by atoms with Crippen molar-refractivity contribution in [1.29, 1.82) is 0 Å². The summed E-state index contributed by atoms with van der Waals surface area (Å²) in [5.41, 5.74) is 2.57. The molecule has 0 atom stereocenters. The maximum absolute atomic E-state index is 4.07. The number of nitrogens with zero attached hydrogens (tertiary/aromatic N) is 1. The molecule has 2 N–H and O–H groups in total. The quantitative estimate of drug-likeness (QED) is 0.802. The lowest BCUT2D eigenvalue weighted by atomic mass is 9.94. The fraction of sp³-hybridized carbons (Fsp3) is 0.417. The Labute approximate surface area is 89.9 Å². The molecule has 0 saturated carbocycles. The predicted octanol–water partition coefficient (Wildman–Crippen LogP) is 2.10. The van der Waals surface area contributed by atoms with Gasteiger partial charge in [-0.1, -0.05) is 18.2 Å². The molecule has 80 valence electrons. The fourth-order valence-corrected chi connectivity index (χ4v) is 1.74. The third kappa shape index (κ3) is 2.02. The Morgan fingerprint density at radius 3 is 2.93 bits per heavy atom. The van der Waals surface area contributed by atoms with Crippen molar-refractivity contribution < 1.29 is 0 Å². The van der Waals surface area contributed by atoms with E-state index in [1.165, 1.54) is 10.9 Å². The van der Waals surface area contributed by atoms with Gasteiger partial charge in [0.2, 0.25) is 0 Å². The molecule has 2 rings (SSSR count). The molecule has 3 heteroatoms. The minimum atomic E-state index is 0.111. The number of hydrogen-bond acceptors (Lipinski definition) is 2. The molecule has 0 aliphatic heterocycles. The predicted molar refractivity (Wildman–Crippen MR) is 62.9 cm³/mol. The summed E-state index contributed by atoms with van der Waals surface area (Å²) in [6.07, 6.45) is 2.86. The first-order valence-corrected chi connectivity index (χ1v) is 5.22. The van der Waals surface area contributed by atoms with Gasteiger partial charge in [0.1, 0.15) is 0 Å². The number of likely N-dealkylation sites (N-methyl/N-ethyl adjacent to an activating group) is 1. The zero-order chi connectivity index (χ0) is 10.9. The summed E-state index contributed by atoms with van der Waals surface area (Å²) in [5.74, 6) is 0. The van der Waals surface area contributed by atoms with E-state index < -0.39 is 0 Å². The van der Waals surface area contributed by atoms with Crippen LogP contribution in [0, 0.1) is 0 Å². The van der Waals surface area contributed by atoms with Crippen molar-refractivity contribution in [3.05, 3.63) is 30.0 Å². The molecule has 0 spiro atoms. The van der Waals surface area contributed by atoms with E-state index in [4.69, 9.17) is 0 Å². The van der Waals surface area contributed by atoms with E-state index >= 15 is 0 Å². The number of aromatic amines is 1. The van der Waals surface area contributed by atoms with Crippen LogP contribution < -0.4 is 5.32 Å². The normalized spacial score (nSPS) is 12.2. The molecule has 3 nitrogen and oxygen atoms in total. The SMILES string of the molecule is CNC(C)(C)Cc1cccc2cn[nH]c12. The smallest absolute Gasteiger partial charge is 0.0682 e. The van der Waals surface area contributed by atoms with Gasteiger partial charge >= 0.3 is 0 Å². The Bertz CT molecular complexity index is 457. The lowest BCUT2D eigenvalue weighted by Gasteiger charge is -2.24. The summed E-state index contributed by atoms with van der Waals surface area (Å²) in [6, 6.07) is 6.31. The Balaban J connectivity index is 2.39. The van der Waals surface area contributed by atoms with Crippen LogP contribution in [-0.4, -0.2) is 22.8 Å². The monoisotopic (exact) mass is 203 g/mol. The molecule has 0 unspecified atom stereocenters. The van der Waals surface area contributed by atoms with E-state index in [9.17, 15) is 0 Å². The van der Waals surface area contributed by atoms with Gasteiger partial charge in [0, 0.05) is 10.9 Å². The van der Waals surface area contributed by atoms with Crippen LogP contribution in [0.5, 0.6) is 0 Å². The lowest BCUT2D eigenvalue weighted by molar-refractivity contribution is 0.423. The molecule has 0 amide bonds. The molecule has 0 aliphatic rings. The van der Waals surface area contributed by atoms with Gasteiger partial charge in [-0.25, -0.2) is 0 Å². The highest BCUT2D eigenvalue weighted by atomic mass is 15.1. The van der Waals surface area contributed by atoms with Gasteiger partial charge in [-0.05, 0) is 32.9 Å². The van der Waals surface area contributed by atoms with Crippen LogP contribution in [0.25, 0.3) is 10.9 Å². The first kappa shape index (κ1) is 10.2. The zero-order valence-electron chi connectivity index (χ0n) is 9.46. The number of nitrogens with one attached hydrogen (secondary N) is 2. The first-order chi connectivity index (χ1) is 7.12. The van der Waals surface area contributed by atoms with Gasteiger partial charge in [0.05, 0.1) is 11.7 Å². The number of aromatic nitrogens is 2. The summed E-state index contributed by atoms with van der Waals surface area (Å²) < 4.78 is 0. The second kappa shape index (κ2) is 3.66. The van der Waals surface area contributed by atoms with Crippen LogP contribution >= 0.6 is 0 Å². The molecular weight excluding hydrogens is 186 g/mol. The highest BCUT2D eigenvalue weighted by Crippen LogP contribution is 2.20. The number of hydrogen-bond donors (Lipinski definition) is 2. The van der Waals surface area contributed by atoms with Gasteiger partial charge < -0.3 is 5.32 Å². The Morgan fingerprint density at radius 1 is 1.40 bits per heavy atom. The number of para-hydroxylation sites is 1. The molecule has 1 heterocycles. The van der Waals surface area contributed by atoms with Crippen LogP contribution in [0.2, 0.25) is 0 Å². The van der Waals surface area contributed by atoms with Gasteiger partial charge in [-0.2, -0.15) is 5.10 Å². The summed E-state index contributed by atoms with van der Waals surface area (Å²) in [4.78, 5) is 0. The van der Waals surface area contributed by atoms with Gasteiger partial charge in [-0.3, -0.25) is 5.10 Å². The molecule has 2 aromatic rings. The van der Waals surface area contributed by atoms with Crippen LogP contribution in [-0.2, 0) is 6.42 Å². The second-order valence-corrected chi connectivity index (χ2v) is 4.56. The standard InChI is InChI=1S/C12H17N3/c1-12(2,13-3)7-9-5-4-6-10-8-14-15-11(9)10/h4-6,8,13H,7H2,1-3H3,(H,14,15). The van der Waals surface area contributed by atoms with Crippen molar-refractivity contribution >= 4 is 10.9 Å². The van der Waals surface area contributed by atoms with Crippen LogP contribution in [0.15, 0.2) is 24.4 Å². The summed E-state index contributed by atoms with van der Waals surface area (Å²) >= 11 is 0. The van der Waals surface area contributed by atoms with Crippen molar-refractivity contribution in [2.24, 2.45) is 0 Å². The topological polar surface area (TPSA) is 40.7 Å². The van der Waals surface area contributed by atoms with E-state index in [1.807, 2.05) is 13.2 Å². The Morgan fingerprint density at radius 2 is 2.20 bits per heavy atom. The minimum Gasteiger partial charge on any atom is -0.314 e. The lowest BCUT2D eigenvalue weighted by Crippen LogP contribution is -2.38. The molecular formula is C12H17N3. The van der Waals surface area contributed by atoms with Crippen LogP contribution in [0.1, 0.15) is 19.4 Å². The largest absolute Gasteiger partial charge is 0.314 e. The first-order valence-electron chi connectivity index (χ1n) is 5.22.